The van der Waals surface area contributed by atoms with E-state index in [0.717, 1.165) is 31.6 Å². The highest BCUT2D eigenvalue weighted by Gasteiger charge is 2.57. The Bertz CT molecular complexity index is 705. The van der Waals surface area contributed by atoms with E-state index in [1.54, 1.807) is 5.57 Å². The first-order chi connectivity index (χ1) is 14.1. The summed E-state index contributed by atoms with van der Waals surface area (Å²) in [7, 11) is 0. The maximum atomic E-state index is 10.8. The molecule has 2 heteroatoms. The van der Waals surface area contributed by atoms with Crippen molar-refractivity contribution in [3.63, 3.8) is 0 Å². The van der Waals surface area contributed by atoms with Crippen LogP contribution in [0.15, 0.2) is 23.3 Å². The van der Waals surface area contributed by atoms with Crippen LogP contribution in [0.3, 0.4) is 0 Å². The number of hydrogen-bond acceptors (Lipinski definition) is 2. The predicted octanol–water partition coefficient (Wildman–Crippen LogP) is 6.53. The zero-order valence-electron chi connectivity index (χ0n) is 20.3. The van der Waals surface area contributed by atoms with Gasteiger partial charge in [0.2, 0.25) is 0 Å². The molecule has 0 bridgehead atoms. The molecule has 30 heavy (non-hydrogen) atoms. The minimum atomic E-state index is -0.175. The average molecular weight is 415 g/mol. The molecule has 4 aliphatic carbocycles. The van der Waals surface area contributed by atoms with Crippen LogP contribution in [0.1, 0.15) is 92.9 Å². The number of aliphatic hydroxyl groups excluding tert-OH is 2. The summed E-state index contributed by atoms with van der Waals surface area (Å²) >= 11 is 0. The summed E-state index contributed by atoms with van der Waals surface area (Å²) in [5.41, 5.74) is 3.90. The maximum absolute atomic E-state index is 10.8. The summed E-state index contributed by atoms with van der Waals surface area (Å²) in [6.45, 7) is 14.2. The van der Waals surface area contributed by atoms with Gasteiger partial charge in [-0.05, 0) is 97.7 Å². The molecule has 0 aliphatic heterocycles. The Balaban J connectivity index is 1.54. The van der Waals surface area contributed by atoms with Crippen molar-refractivity contribution in [3.8, 4) is 0 Å². The summed E-state index contributed by atoms with van der Waals surface area (Å²) in [6, 6.07) is 0. The highest BCUT2D eigenvalue weighted by atomic mass is 16.3. The molecular formula is C28H46O2. The van der Waals surface area contributed by atoms with Gasteiger partial charge in [0.15, 0.2) is 0 Å². The minimum Gasteiger partial charge on any atom is -0.393 e. The SMILES string of the molecule is CC(C)C(C)C(O)C[C@@H](C)[C@H]1CC[C@H]2C3=CC=C4CC(O)CC[C@]4(C)[C@H]3CC[C@]12C. The van der Waals surface area contributed by atoms with Crippen LogP contribution in [0.2, 0.25) is 0 Å². The Labute approximate surface area is 185 Å². The Morgan fingerprint density at radius 1 is 0.967 bits per heavy atom. The van der Waals surface area contributed by atoms with Gasteiger partial charge in [-0.1, -0.05) is 64.8 Å². The summed E-state index contributed by atoms with van der Waals surface area (Å²) in [5.74, 6) is 3.62. The molecule has 0 aromatic heterocycles. The van der Waals surface area contributed by atoms with Crippen molar-refractivity contribution in [1.29, 1.82) is 0 Å². The third kappa shape index (κ3) is 3.54. The molecule has 3 fully saturated rings. The molecule has 2 nitrogen and oxygen atoms in total. The minimum absolute atomic E-state index is 0.135. The molecule has 2 N–H and O–H groups in total. The van der Waals surface area contributed by atoms with Gasteiger partial charge in [0.05, 0.1) is 12.2 Å². The fourth-order valence-corrected chi connectivity index (χ4v) is 8.16. The summed E-state index contributed by atoms with van der Waals surface area (Å²) in [6.07, 6.45) is 13.8. The molecular weight excluding hydrogens is 368 g/mol. The molecule has 3 saturated carbocycles. The molecule has 0 aromatic carbocycles. The number of aliphatic hydroxyl groups is 2. The van der Waals surface area contributed by atoms with Gasteiger partial charge in [-0.3, -0.25) is 0 Å². The van der Waals surface area contributed by atoms with Crippen molar-refractivity contribution >= 4 is 0 Å². The van der Waals surface area contributed by atoms with E-state index in [4.69, 9.17) is 0 Å². The second kappa shape index (κ2) is 8.07. The Morgan fingerprint density at radius 2 is 1.70 bits per heavy atom. The zero-order chi connectivity index (χ0) is 21.8. The smallest absolute Gasteiger partial charge is 0.0578 e. The second-order valence-corrected chi connectivity index (χ2v) is 12.4. The Morgan fingerprint density at radius 3 is 2.40 bits per heavy atom. The number of rotatable bonds is 5. The van der Waals surface area contributed by atoms with Crippen molar-refractivity contribution in [2.45, 2.75) is 105 Å². The molecule has 4 rings (SSSR count). The third-order valence-electron chi connectivity index (χ3n) is 10.6. The van der Waals surface area contributed by atoms with Gasteiger partial charge in [0, 0.05) is 0 Å². The first-order valence-corrected chi connectivity index (χ1v) is 12.8. The van der Waals surface area contributed by atoms with Gasteiger partial charge in [-0.2, -0.15) is 0 Å². The van der Waals surface area contributed by atoms with E-state index in [1.807, 2.05) is 0 Å². The van der Waals surface area contributed by atoms with E-state index >= 15 is 0 Å². The van der Waals surface area contributed by atoms with Crippen LogP contribution in [0.4, 0.5) is 0 Å². The van der Waals surface area contributed by atoms with Crippen molar-refractivity contribution in [2.75, 3.05) is 0 Å². The van der Waals surface area contributed by atoms with Crippen LogP contribution in [0.25, 0.3) is 0 Å². The molecule has 4 aliphatic rings. The molecule has 3 unspecified atom stereocenters. The van der Waals surface area contributed by atoms with E-state index in [-0.39, 0.29) is 17.6 Å². The van der Waals surface area contributed by atoms with Gasteiger partial charge >= 0.3 is 0 Å². The molecule has 9 atom stereocenters. The lowest BCUT2D eigenvalue weighted by Crippen LogP contribution is -2.46. The third-order valence-corrected chi connectivity index (χ3v) is 10.6. The van der Waals surface area contributed by atoms with Crippen molar-refractivity contribution in [2.24, 2.45) is 46.3 Å². The monoisotopic (exact) mass is 414 g/mol. The van der Waals surface area contributed by atoms with Gasteiger partial charge < -0.3 is 10.2 Å². The molecule has 0 spiro atoms. The Hall–Kier alpha value is -0.600. The number of fused-ring (bicyclic) bond motifs is 5. The maximum Gasteiger partial charge on any atom is 0.0578 e. The van der Waals surface area contributed by atoms with E-state index in [9.17, 15) is 10.2 Å². The first-order valence-electron chi connectivity index (χ1n) is 12.8. The van der Waals surface area contributed by atoms with Crippen molar-refractivity contribution in [3.05, 3.63) is 23.3 Å². The summed E-state index contributed by atoms with van der Waals surface area (Å²) in [4.78, 5) is 0. The summed E-state index contributed by atoms with van der Waals surface area (Å²) < 4.78 is 0. The molecule has 0 radical (unpaired) electrons. The summed E-state index contributed by atoms with van der Waals surface area (Å²) in [5, 5.41) is 21.0. The van der Waals surface area contributed by atoms with Crippen LogP contribution in [0.5, 0.6) is 0 Å². The molecule has 0 heterocycles. The number of hydrogen-bond donors (Lipinski definition) is 2. The molecule has 170 valence electrons. The van der Waals surface area contributed by atoms with Crippen molar-refractivity contribution in [1.82, 2.24) is 0 Å². The average Bonchev–Trinajstić information content (AvgIpc) is 3.05. The quantitative estimate of drug-likeness (QED) is 0.537. The Kier molecular flexibility index (Phi) is 6.08. The fraction of sp³-hybridized carbons (Fsp3) is 0.857. The lowest BCUT2D eigenvalue weighted by molar-refractivity contribution is 0.0133. The molecule has 0 amide bonds. The lowest BCUT2D eigenvalue weighted by atomic mass is 9.50. The van der Waals surface area contributed by atoms with Gasteiger partial charge in [0.1, 0.15) is 0 Å². The standard InChI is InChI=1S/C28H46O2/c1-17(2)19(4)26(30)15-18(3)23-9-10-24-22-8-7-20-16-21(29)11-13-27(20,5)25(22)12-14-28(23,24)6/h7-8,17-19,21,23-26,29-30H,9-16H2,1-6H3/t18-,19?,21?,23-,24+,25+,26?,27+,28-/m1/s1. The number of allylic oxidation sites excluding steroid dienone is 3. The predicted molar refractivity (Wildman–Crippen MR) is 125 cm³/mol. The second-order valence-electron chi connectivity index (χ2n) is 12.4. The first kappa shape index (κ1) is 22.6. The van der Waals surface area contributed by atoms with E-state index < -0.39 is 0 Å². The van der Waals surface area contributed by atoms with Crippen LogP contribution in [0, 0.1) is 46.3 Å². The van der Waals surface area contributed by atoms with Crippen molar-refractivity contribution < 1.29 is 10.2 Å². The highest BCUT2D eigenvalue weighted by Crippen LogP contribution is 2.66. The van der Waals surface area contributed by atoms with Crippen LogP contribution in [-0.4, -0.2) is 22.4 Å². The topological polar surface area (TPSA) is 40.5 Å². The largest absolute Gasteiger partial charge is 0.393 e. The van der Waals surface area contributed by atoms with Crippen LogP contribution >= 0.6 is 0 Å². The lowest BCUT2D eigenvalue weighted by Gasteiger charge is -2.55. The molecule has 0 aromatic rings. The zero-order valence-corrected chi connectivity index (χ0v) is 20.3. The van der Waals surface area contributed by atoms with Gasteiger partial charge in [-0.15, -0.1) is 0 Å². The highest BCUT2D eigenvalue weighted by molar-refractivity contribution is 5.38. The van der Waals surface area contributed by atoms with Crippen LogP contribution < -0.4 is 0 Å². The molecule has 0 saturated heterocycles. The van der Waals surface area contributed by atoms with Gasteiger partial charge in [0.25, 0.3) is 0 Å². The van der Waals surface area contributed by atoms with Crippen LogP contribution in [-0.2, 0) is 0 Å². The van der Waals surface area contributed by atoms with E-state index in [0.29, 0.717) is 35.0 Å². The van der Waals surface area contributed by atoms with Gasteiger partial charge in [-0.25, -0.2) is 0 Å². The fourth-order valence-electron chi connectivity index (χ4n) is 8.16. The van der Waals surface area contributed by atoms with E-state index in [1.165, 1.54) is 31.3 Å². The van der Waals surface area contributed by atoms with E-state index in [2.05, 4.69) is 53.7 Å². The normalized spacial score (nSPS) is 43.8.